The highest BCUT2D eigenvalue weighted by Gasteiger charge is 2.39. The standard InChI is InChI=1S/C36H51NO3.C34H25N3O/c1-7-36(5,6)23-28-19-26(14-13-25-15-16-30(21-25)35(2,3)4)20-29(28)24-40-31-17-18-32(33(22-31)37-39)34(38)27-11-9-8-10-12-27;1-23-12-21-30(31(38)22-23)34-36-32(28-17-13-26(14-18-28)24-8-4-2-5-9-24)35-33(37-34)29-19-15-27(16-20-29)25-10-6-3-7-11-25/h8-12,17-18,22,25-26,28-30H,7,13-16,19-21,23-24H2,1-6H3;2-22,38H,1H3. The lowest BCUT2D eigenvalue weighted by molar-refractivity contribution is 0.103. The number of phenols is 1. The minimum Gasteiger partial charge on any atom is -0.507 e. The molecular formula is C70H76N4O4. The fourth-order valence-corrected chi connectivity index (χ4v) is 11.8. The number of ether oxygens (including phenoxy) is 1. The van der Waals surface area contributed by atoms with Gasteiger partial charge in [-0.2, -0.15) is 0 Å². The monoisotopic (exact) mass is 1040 g/mol. The smallest absolute Gasteiger partial charge is 0.195 e. The molecule has 0 spiro atoms. The highest BCUT2D eigenvalue weighted by atomic mass is 16.5. The molecule has 0 radical (unpaired) electrons. The Morgan fingerprint density at radius 2 is 1.12 bits per heavy atom. The molecule has 8 aromatic rings. The van der Waals surface area contributed by atoms with Gasteiger partial charge in [-0.15, -0.1) is 4.91 Å². The first-order valence-corrected chi connectivity index (χ1v) is 28.2. The molecule has 2 aliphatic rings. The number of aromatic hydroxyl groups is 1. The Balaban J connectivity index is 0.000000190. The Morgan fingerprint density at radius 3 is 1.65 bits per heavy atom. The van der Waals surface area contributed by atoms with Crippen LogP contribution in [0.15, 0.2) is 181 Å². The van der Waals surface area contributed by atoms with E-state index in [0.29, 0.717) is 69.2 Å². The Bertz CT molecular complexity index is 3160. The van der Waals surface area contributed by atoms with Crippen LogP contribution in [0.1, 0.15) is 121 Å². The number of carbonyl (C=O) groups excluding carboxylic acids is 1. The van der Waals surface area contributed by atoms with Gasteiger partial charge in [0, 0.05) is 22.8 Å². The zero-order valence-electron chi connectivity index (χ0n) is 46.7. The summed E-state index contributed by atoms with van der Waals surface area (Å²) in [5.74, 6) is 5.83. The van der Waals surface area contributed by atoms with Crippen LogP contribution in [-0.2, 0) is 0 Å². The summed E-state index contributed by atoms with van der Waals surface area (Å²) < 4.78 is 6.32. The van der Waals surface area contributed by atoms with E-state index in [4.69, 9.17) is 19.7 Å². The third-order valence-corrected chi connectivity index (χ3v) is 16.8. The molecule has 1 heterocycles. The van der Waals surface area contributed by atoms with E-state index >= 15 is 0 Å². The Hall–Kier alpha value is -7.58. The van der Waals surface area contributed by atoms with Gasteiger partial charge in [-0.3, -0.25) is 4.79 Å². The van der Waals surface area contributed by atoms with Crippen molar-refractivity contribution in [1.82, 2.24) is 15.0 Å². The van der Waals surface area contributed by atoms with Gasteiger partial charge in [-0.1, -0.05) is 213 Å². The molecule has 0 aliphatic heterocycles. The molecule has 8 nitrogen and oxygen atoms in total. The summed E-state index contributed by atoms with van der Waals surface area (Å²) in [6.45, 7) is 16.9. The first kappa shape index (κ1) is 55.2. The number of hydrogen-bond acceptors (Lipinski definition) is 8. The normalized spacial score (nSPS) is 18.2. The Morgan fingerprint density at radius 1 is 0.590 bits per heavy atom. The second-order valence-electron chi connectivity index (χ2n) is 23.9. The van der Waals surface area contributed by atoms with Crippen molar-refractivity contribution in [3.63, 3.8) is 0 Å². The van der Waals surface area contributed by atoms with Gasteiger partial charge in [0.15, 0.2) is 23.3 Å². The van der Waals surface area contributed by atoms with Gasteiger partial charge in [0.1, 0.15) is 17.2 Å². The van der Waals surface area contributed by atoms with Gasteiger partial charge in [0.25, 0.3) is 0 Å². The summed E-state index contributed by atoms with van der Waals surface area (Å²) in [5, 5.41) is 13.9. The van der Waals surface area contributed by atoms with Gasteiger partial charge in [0.2, 0.25) is 0 Å². The van der Waals surface area contributed by atoms with Gasteiger partial charge < -0.3 is 9.84 Å². The van der Waals surface area contributed by atoms with Crippen LogP contribution in [0.5, 0.6) is 11.5 Å². The summed E-state index contributed by atoms with van der Waals surface area (Å²) in [5.41, 5.74) is 9.62. The number of nitroso groups, excluding NO2 is 1. The summed E-state index contributed by atoms with van der Waals surface area (Å²) in [6.07, 6.45) is 11.9. The summed E-state index contributed by atoms with van der Waals surface area (Å²) in [7, 11) is 0. The van der Waals surface area contributed by atoms with Crippen molar-refractivity contribution in [1.29, 1.82) is 0 Å². The number of ketones is 1. The van der Waals surface area contributed by atoms with Crippen LogP contribution in [0.4, 0.5) is 5.69 Å². The van der Waals surface area contributed by atoms with Crippen LogP contribution in [-0.4, -0.2) is 32.4 Å². The molecule has 0 bridgehead atoms. The molecule has 2 saturated carbocycles. The third kappa shape index (κ3) is 13.9. The molecule has 78 heavy (non-hydrogen) atoms. The van der Waals surface area contributed by atoms with E-state index in [-0.39, 0.29) is 17.2 Å². The second kappa shape index (κ2) is 24.8. The zero-order chi connectivity index (χ0) is 54.8. The third-order valence-electron chi connectivity index (χ3n) is 16.8. The zero-order valence-corrected chi connectivity index (χ0v) is 46.7. The molecule has 2 aliphatic carbocycles. The molecular weight excluding hydrogens is 961 g/mol. The lowest BCUT2D eigenvalue weighted by Gasteiger charge is -2.30. The van der Waals surface area contributed by atoms with Crippen molar-refractivity contribution in [2.75, 3.05) is 6.61 Å². The number of aromatic nitrogens is 3. The predicted octanol–water partition coefficient (Wildman–Crippen LogP) is 18.6. The molecule has 400 valence electrons. The van der Waals surface area contributed by atoms with Crippen LogP contribution in [0.3, 0.4) is 0 Å². The van der Waals surface area contributed by atoms with Crippen LogP contribution in [0.25, 0.3) is 56.4 Å². The molecule has 5 unspecified atom stereocenters. The average molecular weight is 1040 g/mol. The summed E-state index contributed by atoms with van der Waals surface area (Å²) in [4.78, 5) is 39.0. The van der Waals surface area contributed by atoms with Crippen LogP contribution < -0.4 is 4.74 Å². The highest BCUT2D eigenvalue weighted by molar-refractivity contribution is 6.12. The number of aryl methyl sites for hydroxylation is 1. The van der Waals surface area contributed by atoms with E-state index in [9.17, 15) is 14.8 Å². The highest BCUT2D eigenvalue weighted by Crippen LogP contribution is 2.48. The lowest BCUT2D eigenvalue weighted by atomic mass is 9.77. The van der Waals surface area contributed by atoms with E-state index in [2.05, 4.69) is 95.3 Å². The van der Waals surface area contributed by atoms with Crippen LogP contribution in [0, 0.1) is 52.3 Å². The Labute approximate surface area is 462 Å². The number of rotatable bonds is 17. The van der Waals surface area contributed by atoms with E-state index in [1.807, 2.05) is 104 Å². The van der Waals surface area contributed by atoms with Crippen molar-refractivity contribution in [2.24, 2.45) is 45.6 Å². The van der Waals surface area contributed by atoms with E-state index in [1.54, 1.807) is 30.3 Å². The van der Waals surface area contributed by atoms with Crippen molar-refractivity contribution in [3.05, 3.63) is 198 Å². The van der Waals surface area contributed by atoms with Crippen molar-refractivity contribution in [2.45, 2.75) is 106 Å². The maximum absolute atomic E-state index is 12.9. The molecule has 1 N–H and O–H groups in total. The van der Waals surface area contributed by atoms with Crippen LogP contribution in [0.2, 0.25) is 0 Å². The molecule has 2 fully saturated rings. The van der Waals surface area contributed by atoms with E-state index in [0.717, 1.165) is 56.7 Å². The number of benzene rings is 7. The van der Waals surface area contributed by atoms with Gasteiger partial charge >= 0.3 is 0 Å². The fourth-order valence-electron chi connectivity index (χ4n) is 11.8. The topological polar surface area (TPSA) is 115 Å². The lowest BCUT2D eigenvalue weighted by Crippen LogP contribution is -2.22. The van der Waals surface area contributed by atoms with Gasteiger partial charge in [-0.25, -0.2) is 15.0 Å². The number of hydrogen-bond donors (Lipinski definition) is 1. The van der Waals surface area contributed by atoms with Crippen molar-refractivity contribution < 1.29 is 14.6 Å². The first-order chi connectivity index (χ1) is 37.6. The second-order valence-corrected chi connectivity index (χ2v) is 23.9. The SMILES string of the molecule is CCC(C)(C)CC1CC(CCC2CCC(C(C)(C)C)C2)CC1COc1ccc(C(=O)c2ccccc2)c(N=O)c1.Cc1ccc(-c2nc(-c3ccc(-c4ccccc4)cc3)nc(-c3ccc(-c4ccccc4)cc3)n2)c(O)c1. The maximum atomic E-state index is 12.9. The van der Waals surface area contributed by atoms with Gasteiger partial charge in [0.05, 0.1) is 17.7 Å². The first-order valence-electron chi connectivity index (χ1n) is 28.2. The maximum Gasteiger partial charge on any atom is 0.195 e. The predicted molar refractivity (Wildman–Crippen MR) is 319 cm³/mol. The van der Waals surface area contributed by atoms with Crippen molar-refractivity contribution in [3.8, 4) is 67.9 Å². The molecule has 8 heteroatoms. The molecule has 5 atom stereocenters. The van der Waals surface area contributed by atoms with E-state index in [1.165, 1.54) is 57.8 Å². The fraction of sp³-hybridized carbons (Fsp3) is 0.343. The minimum atomic E-state index is -0.196. The molecule has 0 amide bonds. The largest absolute Gasteiger partial charge is 0.507 e. The number of phenolic OH excluding ortho intramolecular Hbond substituents is 1. The summed E-state index contributed by atoms with van der Waals surface area (Å²) in [6, 6.07) is 56.6. The number of carbonyl (C=O) groups is 1. The molecule has 7 aromatic carbocycles. The molecule has 1 aromatic heterocycles. The van der Waals surface area contributed by atoms with Crippen molar-refractivity contribution >= 4 is 11.5 Å². The van der Waals surface area contributed by atoms with Crippen LogP contribution >= 0.6 is 0 Å². The quantitative estimate of drug-likeness (QED) is 0.0713. The van der Waals surface area contributed by atoms with E-state index < -0.39 is 0 Å². The molecule has 0 saturated heterocycles. The summed E-state index contributed by atoms with van der Waals surface area (Å²) >= 11 is 0. The average Bonchev–Trinajstić information content (AvgIpc) is 4.17. The Kier molecular flexibility index (Phi) is 17.6. The molecule has 10 rings (SSSR count). The van der Waals surface area contributed by atoms with Gasteiger partial charge in [-0.05, 0) is 137 Å². The minimum absolute atomic E-state index is 0.143. The number of nitrogens with zero attached hydrogens (tertiary/aromatic N) is 4.